The second-order valence-electron chi connectivity index (χ2n) is 6.20. The zero-order chi connectivity index (χ0) is 18.5. The highest BCUT2D eigenvalue weighted by molar-refractivity contribution is 5.86. The van der Waals surface area contributed by atoms with Gasteiger partial charge in [-0.05, 0) is 43.2 Å². The molecule has 0 spiro atoms. The highest BCUT2D eigenvalue weighted by Gasteiger charge is 2.31. The second kappa shape index (κ2) is 5.72. The number of nitrogens with one attached hydrogen (secondary N) is 1. The van der Waals surface area contributed by atoms with Crippen LogP contribution in [0.1, 0.15) is 16.8 Å². The molecule has 1 N–H and O–H groups in total. The van der Waals surface area contributed by atoms with Gasteiger partial charge in [0.05, 0.1) is 17.0 Å². The molecule has 7 heteroatoms. The largest absolute Gasteiger partial charge is 0.416 e. The van der Waals surface area contributed by atoms with E-state index in [0.717, 1.165) is 28.6 Å². The molecule has 0 saturated heterocycles. The predicted molar refractivity (Wildman–Crippen MR) is 92.7 cm³/mol. The fraction of sp³-hybridized carbons (Fsp3) is 0.158. The summed E-state index contributed by atoms with van der Waals surface area (Å²) < 4.78 is 41.4. The second-order valence-corrected chi connectivity index (χ2v) is 6.20. The van der Waals surface area contributed by atoms with E-state index in [1.165, 1.54) is 12.1 Å². The van der Waals surface area contributed by atoms with Crippen molar-refractivity contribution in [1.82, 2.24) is 19.6 Å². The van der Waals surface area contributed by atoms with E-state index in [-0.39, 0.29) is 0 Å². The minimum atomic E-state index is -4.40. The molecule has 0 saturated carbocycles. The molecule has 3 aromatic heterocycles. The van der Waals surface area contributed by atoms with Crippen LogP contribution in [-0.2, 0) is 6.18 Å². The van der Waals surface area contributed by atoms with Crippen molar-refractivity contribution >= 4 is 5.65 Å². The normalized spacial score (nSPS) is 12.0. The highest BCUT2D eigenvalue weighted by atomic mass is 19.4. The maximum atomic E-state index is 13.2. The molecule has 0 fully saturated rings. The Hall–Kier alpha value is -3.09. The molecule has 3 heterocycles. The molecular formula is C19H15F3N4. The van der Waals surface area contributed by atoms with Crippen LogP contribution in [0.5, 0.6) is 0 Å². The SMILES string of the molecule is Cc1cn2cc(-c3ccn[nH]3)c(C)c(-c3cccc(C(F)(F)F)c3)c2n1. The summed E-state index contributed by atoms with van der Waals surface area (Å²) in [7, 11) is 0. The average molecular weight is 356 g/mol. The molecule has 0 unspecified atom stereocenters. The van der Waals surface area contributed by atoms with Crippen LogP contribution in [0, 0.1) is 13.8 Å². The number of aryl methyl sites for hydroxylation is 1. The fourth-order valence-corrected chi connectivity index (χ4v) is 3.21. The maximum absolute atomic E-state index is 13.2. The van der Waals surface area contributed by atoms with Gasteiger partial charge < -0.3 is 4.40 Å². The molecule has 0 aliphatic heterocycles. The van der Waals surface area contributed by atoms with E-state index < -0.39 is 11.7 Å². The van der Waals surface area contributed by atoms with Gasteiger partial charge >= 0.3 is 6.18 Å². The number of aromatic nitrogens is 4. The Morgan fingerprint density at radius 2 is 1.88 bits per heavy atom. The lowest BCUT2D eigenvalue weighted by Crippen LogP contribution is -2.05. The first kappa shape index (κ1) is 16.4. The van der Waals surface area contributed by atoms with Crippen LogP contribution in [-0.4, -0.2) is 19.6 Å². The molecule has 4 aromatic rings. The lowest BCUT2D eigenvalue weighted by Gasteiger charge is -2.14. The van der Waals surface area contributed by atoms with Gasteiger partial charge in [-0.3, -0.25) is 5.10 Å². The minimum absolute atomic E-state index is 0.481. The van der Waals surface area contributed by atoms with Gasteiger partial charge in [-0.15, -0.1) is 0 Å². The Morgan fingerprint density at radius 1 is 1.08 bits per heavy atom. The highest BCUT2D eigenvalue weighted by Crippen LogP contribution is 2.37. The summed E-state index contributed by atoms with van der Waals surface area (Å²) in [4.78, 5) is 4.52. The standard InChI is InChI=1S/C19H15F3N4/c1-11-9-26-10-15(16-6-7-23-25-16)12(2)17(18(26)24-11)13-4-3-5-14(8-13)19(20,21)22/h3-10H,1-2H3,(H,23,25). The summed E-state index contributed by atoms with van der Waals surface area (Å²) in [5.41, 5.74) is 4.39. The molecule has 0 atom stereocenters. The Balaban J connectivity index is 2.04. The Labute approximate surface area is 147 Å². The number of pyridine rings is 1. The molecule has 4 nitrogen and oxygen atoms in total. The lowest BCUT2D eigenvalue weighted by molar-refractivity contribution is -0.137. The van der Waals surface area contributed by atoms with E-state index in [9.17, 15) is 13.2 Å². The minimum Gasteiger partial charge on any atom is -0.306 e. The maximum Gasteiger partial charge on any atom is 0.416 e. The van der Waals surface area contributed by atoms with Crippen LogP contribution in [0.4, 0.5) is 13.2 Å². The summed E-state index contributed by atoms with van der Waals surface area (Å²) in [6.45, 7) is 3.74. The van der Waals surface area contributed by atoms with Crippen molar-refractivity contribution in [2.45, 2.75) is 20.0 Å². The third kappa shape index (κ3) is 2.65. The number of alkyl halides is 3. The third-order valence-corrected chi connectivity index (χ3v) is 4.39. The monoisotopic (exact) mass is 356 g/mol. The van der Waals surface area contributed by atoms with Crippen LogP contribution in [0.15, 0.2) is 48.9 Å². The molecule has 26 heavy (non-hydrogen) atoms. The van der Waals surface area contributed by atoms with E-state index in [1.807, 2.05) is 36.7 Å². The van der Waals surface area contributed by atoms with Crippen molar-refractivity contribution in [2.75, 3.05) is 0 Å². The number of hydrogen-bond donors (Lipinski definition) is 1. The quantitative estimate of drug-likeness (QED) is 0.548. The predicted octanol–water partition coefficient (Wildman–Crippen LogP) is 5.03. The molecule has 0 amide bonds. The first-order valence-corrected chi connectivity index (χ1v) is 8.01. The van der Waals surface area contributed by atoms with Gasteiger partial charge in [0.15, 0.2) is 0 Å². The van der Waals surface area contributed by atoms with Gasteiger partial charge in [0.25, 0.3) is 0 Å². The first-order valence-electron chi connectivity index (χ1n) is 8.01. The van der Waals surface area contributed by atoms with Crippen LogP contribution in [0.3, 0.4) is 0 Å². The van der Waals surface area contributed by atoms with Crippen molar-refractivity contribution in [3.05, 3.63) is 65.7 Å². The van der Waals surface area contributed by atoms with Crippen LogP contribution in [0.25, 0.3) is 28.0 Å². The Morgan fingerprint density at radius 3 is 2.58 bits per heavy atom. The number of fused-ring (bicyclic) bond motifs is 1. The van der Waals surface area contributed by atoms with Crippen LogP contribution < -0.4 is 0 Å². The van der Waals surface area contributed by atoms with E-state index >= 15 is 0 Å². The third-order valence-electron chi connectivity index (χ3n) is 4.39. The van der Waals surface area contributed by atoms with Gasteiger partial charge in [0, 0.05) is 29.7 Å². The van der Waals surface area contributed by atoms with Crippen LogP contribution >= 0.6 is 0 Å². The summed E-state index contributed by atoms with van der Waals surface area (Å²) in [6, 6.07) is 7.17. The number of nitrogens with zero attached hydrogens (tertiary/aromatic N) is 3. The molecular weight excluding hydrogens is 341 g/mol. The van der Waals surface area contributed by atoms with E-state index in [4.69, 9.17) is 0 Å². The molecule has 0 aliphatic rings. The van der Waals surface area contributed by atoms with Gasteiger partial charge in [0.2, 0.25) is 0 Å². The smallest absolute Gasteiger partial charge is 0.306 e. The zero-order valence-electron chi connectivity index (χ0n) is 14.1. The number of imidazole rings is 1. The number of halogens is 3. The van der Waals surface area contributed by atoms with Crippen molar-refractivity contribution < 1.29 is 13.2 Å². The Bertz CT molecular complexity index is 1090. The van der Waals surface area contributed by atoms with Crippen molar-refractivity contribution in [3.8, 4) is 22.4 Å². The Kier molecular flexibility index (Phi) is 3.61. The first-order chi connectivity index (χ1) is 12.3. The number of benzene rings is 1. The van der Waals surface area contributed by atoms with Gasteiger partial charge in [-0.25, -0.2) is 4.98 Å². The van der Waals surface area contributed by atoms with Gasteiger partial charge in [-0.2, -0.15) is 18.3 Å². The molecule has 1 aromatic carbocycles. The van der Waals surface area contributed by atoms with Crippen LogP contribution in [0.2, 0.25) is 0 Å². The number of hydrogen-bond acceptors (Lipinski definition) is 2. The number of rotatable bonds is 2. The summed E-state index contributed by atoms with van der Waals surface area (Å²) in [5.74, 6) is 0. The average Bonchev–Trinajstić information content (AvgIpc) is 3.22. The molecule has 0 aliphatic carbocycles. The molecule has 132 valence electrons. The van der Waals surface area contributed by atoms with Gasteiger partial charge in [0.1, 0.15) is 5.65 Å². The van der Waals surface area contributed by atoms with Gasteiger partial charge in [-0.1, -0.05) is 12.1 Å². The van der Waals surface area contributed by atoms with Crippen molar-refractivity contribution in [2.24, 2.45) is 0 Å². The van der Waals surface area contributed by atoms with E-state index in [0.29, 0.717) is 16.8 Å². The number of aromatic amines is 1. The summed E-state index contributed by atoms with van der Waals surface area (Å²) >= 11 is 0. The van der Waals surface area contributed by atoms with Crippen molar-refractivity contribution in [1.29, 1.82) is 0 Å². The fourth-order valence-electron chi connectivity index (χ4n) is 3.21. The summed E-state index contributed by atoms with van der Waals surface area (Å²) in [5, 5.41) is 6.89. The molecule has 0 bridgehead atoms. The van der Waals surface area contributed by atoms with Crippen molar-refractivity contribution in [3.63, 3.8) is 0 Å². The van der Waals surface area contributed by atoms with E-state index in [2.05, 4.69) is 15.2 Å². The zero-order valence-corrected chi connectivity index (χ0v) is 14.1. The molecule has 4 rings (SSSR count). The topological polar surface area (TPSA) is 46.0 Å². The molecule has 0 radical (unpaired) electrons. The summed E-state index contributed by atoms with van der Waals surface area (Å²) in [6.07, 6.45) is 1.01. The van der Waals surface area contributed by atoms with E-state index in [1.54, 1.807) is 12.3 Å². The number of H-pyrrole nitrogens is 1. The lowest BCUT2D eigenvalue weighted by atomic mass is 9.96.